The minimum absolute atomic E-state index is 0.0397. The van der Waals surface area contributed by atoms with Crippen molar-refractivity contribution in [2.75, 3.05) is 19.7 Å². The highest BCUT2D eigenvalue weighted by atomic mass is 16.3. The van der Waals surface area contributed by atoms with Crippen molar-refractivity contribution in [1.82, 2.24) is 14.7 Å². The summed E-state index contributed by atoms with van der Waals surface area (Å²) >= 11 is 0. The third kappa shape index (κ3) is 4.03. The predicted molar refractivity (Wildman–Crippen MR) is 66.2 cm³/mol. The Morgan fingerprint density at radius 3 is 2.94 bits per heavy atom. The number of aromatic nitrogens is 2. The Bertz CT molecular complexity index is 385. The topological polar surface area (TPSA) is 58.4 Å². The fourth-order valence-corrected chi connectivity index (χ4v) is 1.50. The zero-order chi connectivity index (χ0) is 12.7. The third-order valence-corrected chi connectivity index (χ3v) is 2.54. The zero-order valence-corrected chi connectivity index (χ0v) is 10.3. The van der Waals surface area contributed by atoms with Crippen LogP contribution in [-0.4, -0.2) is 45.4 Å². The Labute approximate surface area is 101 Å². The maximum Gasteiger partial charge on any atom is 0.246 e. The summed E-state index contributed by atoms with van der Waals surface area (Å²) in [6.07, 6.45) is 5.58. The van der Waals surface area contributed by atoms with Gasteiger partial charge in [-0.25, -0.2) is 0 Å². The summed E-state index contributed by atoms with van der Waals surface area (Å²) in [5.41, 5.74) is 0.886. The number of aliphatic hydroxyl groups excluding tert-OH is 1. The number of hydrogen-bond acceptors (Lipinski definition) is 3. The molecule has 1 aromatic rings. The Morgan fingerprint density at radius 1 is 1.65 bits per heavy atom. The standard InChI is InChI=1S/C12H19N3O2/c1-3-15(9-4-10-16)12(17)6-5-11-7-8-13-14(11)2/h5-8,16H,3-4,9-10H2,1-2H3/b6-5+. The number of hydrogen-bond donors (Lipinski definition) is 1. The largest absolute Gasteiger partial charge is 0.396 e. The van der Waals surface area contributed by atoms with Gasteiger partial charge in [-0.2, -0.15) is 5.10 Å². The van der Waals surface area contributed by atoms with E-state index in [0.717, 1.165) is 5.69 Å². The molecule has 0 fully saturated rings. The molecule has 5 heteroatoms. The molecule has 1 N–H and O–H groups in total. The molecule has 1 heterocycles. The Morgan fingerprint density at radius 2 is 2.41 bits per heavy atom. The molecule has 5 nitrogen and oxygen atoms in total. The molecule has 1 aromatic heterocycles. The SMILES string of the molecule is CCN(CCCO)C(=O)/C=C/c1ccnn1C. The van der Waals surface area contributed by atoms with Crippen LogP contribution in [0.4, 0.5) is 0 Å². The van der Waals surface area contributed by atoms with Gasteiger partial charge in [-0.3, -0.25) is 9.48 Å². The maximum absolute atomic E-state index is 11.8. The van der Waals surface area contributed by atoms with Crippen LogP contribution in [0.15, 0.2) is 18.3 Å². The quantitative estimate of drug-likeness (QED) is 0.740. The summed E-state index contributed by atoms with van der Waals surface area (Å²) in [5, 5.41) is 12.8. The molecule has 17 heavy (non-hydrogen) atoms. The van der Waals surface area contributed by atoms with Gasteiger partial charge in [0.25, 0.3) is 0 Å². The average Bonchev–Trinajstić information content (AvgIpc) is 2.73. The van der Waals surface area contributed by atoms with E-state index >= 15 is 0 Å². The summed E-state index contributed by atoms with van der Waals surface area (Å²) in [5.74, 6) is -0.0397. The monoisotopic (exact) mass is 237 g/mol. The molecular formula is C12H19N3O2. The highest BCUT2D eigenvalue weighted by Crippen LogP contribution is 2.01. The lowest BCUT2D eigenvalue weighted by Crippen LogP contribution is -2.30. The van der Waals surface area contributed by atoms with Crippen LogP contribution in [0.2, 0.25) is 0 Å². The average molecular weight is 237 g/mol. The van der Waals surface area contributed by atoms with Gasteiger partial charge in [0.05, 0.1) is 5.69 Å². The molecule has 1 rings (SSSR count). The van der Waals surface area contributed by atoms with Gasteiger partial charge in [-0.1, -0.05) is 0 Å². The molecule has 0 radical (unpaired) electrons. The van der Waals surface area contributed by atoms with Gasteiger partial charge in [0.1, 0.15) is 0 Å². The van der Waals surface area contributed by atoms with Crippen LogP contribution in [0.1, 0.15) is 19.0 Å². The highest BCUT2D eigenvalue weighted by Gasteiger charge is 2.07. The van der Waals surface area contributed by atoms with Crippen LogP contribution in [0.25, 0.3) is 6.08 Å². The van der Waals surface area contributed by atoms with Gasteiger partial charge in [0.15, 0.2) is 0 Å². The van der Waals surface area contributed by atoms with Gasteiger partial charge in [0.2, 0.25) is 5.91 Å². The van der Waals surface area contributed by atoms with Gasteiger partial charge >= 0.3 is 0 Å². The van der Waals surface area contributed by atoms with E-state index in [9.17, 15) is 4.79 Å². The molecule has 94 valence electrons. The third-order valence-electron chi connectivity index (χ3n) is 2.54. The van der Waals surface area contributed by atoms with Crippen molar-refractivity contribution in [3.63, 3.8) is 0 Å². The minimum atomic E-state index is -0.0397. The zero-order valence-electron chi connectivity index (χ0n) is 10.3. The van der Waals surface area contributed by atoms with E-state index in [1.54, 1.807) is 21.9 Å². The van der Waals surface area contributed by atoms with Crippen LogP contribution >= 0.6 is 0 Å². The van der Waals surface area contributed by atoms with Crippen molar-refractivity contribution in [3.05, 3.63) is 24.0 Å². The second kappa shape index (κ2) is 6.85. The van der Waals surface area contributed by atoms with Gasteiger partial charge in [0, 0.05) is 39.0 Å². The maximum atomic E-state index is 11.8. The van der Waals surface area contributed by atoms with E-state index in [1.165, 1.54) is 6.08 Å². The second-order valence-corrected chi connectivity index (χ2v) is 3.71. The summed E-state index contributed by atoms with van der Waals surface area (Å²) < 4.78 is 1.70. The van der Waals surface area contributed by atoms with Crippen LogP contribution in [0.5, 0.6) is 0 Å². The highest BCUT2D eigenvalue weighted by molar-refractivity contribution is 5.91. The first-order valence-electron chi connectivity index (χ1n) is 5.75. The number of carbonyl (C=O) groups excluding carboxylic acids is 1. The Kier molecular flexibility index (Phi) is 5.42. The van der Waals surface area contributed by atoms with Crippen LogP contribution < -0.4 is 0 Å². The van der Waals surface area contributed by atoms with Crippen LogP contribution in [0, 0.1) is 0 Å². The van der Waals surface area contributed by atoms with Crippen molar-refractivity contribution in [2.24, 2.45) is 7.05 Å². The van der Waals surface area contributed by atoms with Crippen molar-refractivity contribution >= 4 is 12.0 Å². The molecule has 0 saturated carbocycles. The van der Waals surface area contributed by atoms with E-state index in [2.05, 4.69) is 5.10 Å². The number of likely N-dealkylation sites (N-methyl/N-ethyl adjacent to an activating group) is 1. The first kappa shape index (κ1) is 13.4. The van der Waals surface area contributed by atoms with Gasteiger partial charge in [-0.05, 0) is 25.5 Å². The lowest BCUT2D eigenvalue weighted by Gasteiger charge is -2.18. The van der Waals surface area contributed by atoms with Crippen LogP contribution in [-0.2, 0) is 11.8 Å². The number of aliphatic hydroxyl groups is 1. The summed E-state index contributed by atoms with van der Waals surface area (Å²) in [6.45, 7) is 3.26. The summed E-state index contributed by atoms with van der Waals surface area (Å²) in [7, 11) is 1.83. The number of aryl methyl sites for hydroxylation is 1. The molecule has 0 aliphatic heterocycles. The summed E-state index contributed by atoms with van der Waals surface area (Å²) in [6, 6.07) is 1.84. The summed E-state index contributed by atoms with van der Waals surface area (Å²) in [4.78, 5) is 13.5. The molecule has 0 saturated heterocycles. The molecular weight excluding hydrogens is 218 g/mol. The molecule has 0 aliphatic carbocycles. The van der Waals surface area contributed by atoms with E-state index in [4.69, 9.17) is 5.11 Å². The van der Waals surface area contributed by atoms with Gasteiger partial charge < -0.3 is 10.0 Å². The number of rotatable bonds is 6. The van der Waals surface area contributed by atoms with Crippen molar-refractivity contribution in [1.29, 1.82) is 0 Å². The molecule has 0 spiro atoms. The molecule has 0 unspecified atom stereocenters. The van der Waals surface area contributed by atoms with E-state index in [1.807, 2.05) is 20.0 Å². The minimum Gasteiger partial charge on any atom is -0.396 e. The molecule has 0 bridgehead atoms. The lowest BCUT2D eigenvalue weighted by molar-refractivity contribution is -0.125. The number of nitrogens with zero attached hydrogens (tertiary/aromatic N) is 3. The molecule has 0 atom stereocenters. The van der Waals surface area contributed by atoms with E-state index in [0.29, 0.717) is 19.5 Å². The van der Waals surface area contributed by atoms with Crippen molar-refractivity contribution < 1.29 is 9.90 Å². The van der Waals surface area contributed by atoms with E-state index in [-0.39, 0.29) is 12.5 Å². The molecule has 1 amide bonds. The molecule has 0 aromatic carbocycles. The van der Waals surface area contributed by atoms with E-state index < -0.39 is 0 Å². The number of carbonyl (C=O) groups is 1. The fourth-order valence-electron chi connectivity index (χ4n) is 1.50. The predicted octanol–water partition coefficient (Wildman–Crippen LogP) is 0.664. The first-order valence-corrected chi connectivity index (χ1v) is 5.75. The van der Waals surface area contributed by atoms with Gasteiger partial charge in [-0.15, -0.1) is 0 Å². The second-order valence-electron chi connectivity index (χ2n) is 3.71. The Balaban J connectivity index is 2.58. The Hall–Kier alpha value is -1.62. The lowest BCUT2D eigenvalue weighted by atomic mass is 10.3. The van der Waals surface area contributed by atoms with Crippen LogP contribution in [0.3, 0.4) is 0 Å². The normalized spacial score (nSPS) is 11.0. The van der Waals surface area contributed by atoms with Crippen molar-refractivity contribution in [2.45, 2.75) is 13.3 Å². The smallest absolute Gasteiger partial charge is 0.246 e. The number of amides is 1. The fraction of sp³-hybridized carbons (Fsp3) is 0.500. The first-order chi connectivity index (χ1) is 8.19. The molecule has 0 aliphatic rings. The van der Waals surface area contributed by atoms with Crippen molar-refractivity contribution in [3.8, 4) is 0 Å².